The highest BCUT2D eigenvalue weighted by molar-refractivity contribution is 6.28. The van der Waals surface area contributed by atoms with Gasteiger partial charge < -0.3 is 9.88 Å². The van der Waals surface area contributed by atoms with Crippen LogP contribution < -0.4 is 5.32 Å². The van der Waals surface area contributed by atoms with Gasteiger partial charge in [0, 0.05) is 16.3 Å². The third kappa shape index (κ3) is 3.72. The maximum Gasteiger partial charge on any atom is 0.148 e. The topological polar surface area (TPSA) is 29.3 Å². The molecule has 1 atom stereocenters. The third-order valence-corrected chi connectivity index (χ3v) is 8.80. The van der Waals surface area contributed by atoms with Gasteiger partial charge in [0.05, 0.1) is 28.1 Å². The Morgan fingerprint density at radius 1 is 0.488 bits per heavy atom. The second-order valence-electron chi connectivity index (χ2n) is 11.2. The molecule has 43 heavy (non-hydrogen) atoms. The van der Waals surface area contributed by atoms with Crippen LogP contribution in [0.4, 0.5) is 11.4 Å². The molecule has 0 spiro atoms. The van der Waals surface area contributed by atoms with Gasteiger partial charge in [-0.3, -0.25) is 0 Å². The second-order valence-corrected chi connectivity index (χ2v) is 11.2. The summed E-state index contributed by atoms with van der Waals surface area (Å²) >= 11 is 0. The number of para-hydroxylation sites is 2. The summed E-state index contributed by atoms with van der Waals surface area (Å²) in [4.78, 5) is 5.36. The van der Waals surface area contributed by atoms with Gasteiger partial charge in [0.15, 0.2) is 0 Å². The molecule has 1 aliphatic rings. The maximum absolute atomic E-state index is 5.36. The molecule has 3 heteroatoms. The van der Waals surface area contributed by atoms with E-state index in [1.807, 2.05) is 0 Å². The number of nitrogens with one attached hydrogen (secondary N) is 1. The minimum atomic E-state index is -0.219. The number of hydrogen-bond donors (Lipinski definition) is 1. The van der Waals surface area contributed by atoms with Crippen LogP contribution in [0.25, 0.3) is 54.5 Å². The van der Waals surface area contributed by atoms with Crippen molar-refractivity contribution in [2.75, 3.05) is 5.32 Å². The molecule has 0 amide bonds. The summed E-state index contributed by atoms with van der Waals surface area (Å²) in [6, 6.07) is 54.2. The van der Waals surface area contributed by atoms with E-state index in [9.17, 15) is 0 Å². The molecule has 0 saturated heterocycles. The molecule has 1 N–H and O–H groups in total. The minimum absolute atomic E-state index is 0.219. The first-order valence-corrected chi connectivity index (χ1v) is 14.8. The predicted molar refractivity (Wildman–Crippen MR) is 182 cm³/mol. The van der Waals surface area contributed by atoms with E-state index in [-0.39, 0.29) is 6.17 Å². The van der Waals surface area contributed by atoms with E-state index in [0.29, 0.717) is 0 Å². The number of rotatable bonds is 3. The van der Waals surface area contributed by atoms with Crippen molar-refractivity contribution in [3.05, 3.63) is 157 Å². The lowest BCUT2D eigenvalue weighted by atomic mass is 9.98. The Hall–Kier alpha value is -5.67. The van der Waals surface area contributed by atoms with Crippen molar-refractivity contribution in [3.8, 4) is 11.1 Å². The molecule has 8 aromatic rings. The van der Waals surface area contributed by atoms with E-state index in [1.54, 1.807) is 0 Å². The van der Waals surface area contributed by atoms with Crippen molar-refractivity contribution in [2.45, 2.75) is 6.17 Å². The predicted octanol–water partition coefficient (Wildman–Crippen LogP) is 10.5. The quantitative estimate of drug-likeness (QED) is 0.233. The monoisotopic (exact) mass is 549 g/mol. The van der Waals surface area contributed by atoms with Crippen molar-refractivity contribution in [3.63, 3.8) is 0 Å². The number of aliphatic imine (C=N–C) groups is 1. The van der Waals surface area contributed by atoms with Gasteiger partial charge >= 0.3 is 0 Å². The highest BCUT2D eigenvalue weighted by Crippen LogP contribution is 2.43. The summed E-state index contributed by atoms with van der Waals surface area (Å²) in [6.07, 6.45) is -0.219. The molecule has 1 aromatic heterocycles. The summed E-state index contributed by atoms with van der Waals surface area (Å²) in [6.45, 7) is 0. The van der Waals surface area contributed by atoms with Crippen LogP contribution in [-0.4, -0.2) is 10.3 Å². The SMILES string of the molecule is c1ccc(-c2cccc(C3=Nc4ccccc4NC3n3c4ccc5ccccc5c4c4c5ccccc5ccc43)c2)cc1. The van der Waals surface area contributed by atoms with E-state index in [0.717, 1.165) is 22.6 Å². The molecular formula is C40H27N3. The van der Waals surface area contributed by atoms with Crippen LogP contribution in [-0.2, 0) is 0 Å². The molecule has 0 aliphatic carbocycles. The average molecular weight is 550 g/mol. The number of benzene rings is 7. The molecular weight excluding hydrogens is 522 g/mol. The molecule has 0 radical (unpaired) electrons. The lowest BCUT2D eigenvalue weighted by Gasteiger charge is -2.30. The smallest absolute Gasteiger partial charge is 0.148 e. The van der Waals surface area contributed by atoms with Gasteiger partial charge in [0.1, 0.15) is 6.17 Å². The third-order valence-electron chi connectivity index (χ3n) is 8.80. The first-order valence-electron chi connectivity index (χ1n) is 14.8. The molecule has 0 fully saturated rings. The van der Waals surface area contributed by atoms with E-state index < -0.39 is 0 Å². The molecule has 9 rings (SSSR count). The molecule has 3 nitrogen and oxygen atoms in total. The number of nitrogens with zero attached hydrogens (tertiary/aromatic N) is 2. The van der Waals surface area contributed by atoms with Gasteiger partial charge in [0.25, 0.3) is 0 Å². The Morgan fingerprint density at radius 3 is 1.79 bits per heavy atom. The highest BCUT2D eigenvalue weighted by Gasteiger charge is 2.29. The normalized spacial score (nSPS) is 14.6. The summed E-state index contributed by atoms with van der Waals surface area (Å²) in [5.74, 6) is 0. The summed E-state index contributed by atoms with van der Waals surface area (Å²) in [7, 11) is 0. The molecule has 202 valence electrons. The van der Waals surface area contributed by atoms with Gasteiger partial charge in [-0.25, -0.2) is 4.99 Å². The van der Waals surface area contributed by atoms with E-state index >= 15 is 0 Å². The molecule has 0 saturated carbocycles. The first kappa shape index (κ1) is 24.0. The van der Waals surface area contributed by atoms with Gasteiger partial charge in [-0.1, -0.05) is 121 Å². The van der Waals surface area contributed by atoms with Crippen molar-refractivity contribution < 1.29 is 0 Å². The van der Waals surface area contributed by atoms with Crippen LogP contribution in [0.15, 0.2) is 157 Å². The Morgan fingerprint density at radius 2 is 1.07 bits per heavy atom. The Labute approximate surface area is 249 Å². The zero-order valence-electron chi connectivity index (χ0n) is 23.4. The van der Waals surface area contributed by atoms with Crippen LogP contribution in [0.5, 0.6) is 0 Å². The highest BCUT2D eigenvalue weighted by atomic mass is 15.2. The van der Waals surface area contributed by atoms with Crippen molar-refractivity contribution >= 4 is 60.4 Å². The van der Waals surface area contributed by atoms with E-state index in [2.05, 4.69) is 162 Å². The summed E-state index contributed by atoms with van der Waals surface area (Å²) < 4.78 is 2.47. The molecule has 1 unspecified atom stereocenters. The first-order chi connectivity index (χ1) is 21.3. The van der Waals surface area contributed by atoms with Gasteiger partial charge in [-0.15, -0.1) is 0 Å². The van der Waals surface area contributed by atoms with Gasteiger partial charge in [-0.2, -0.15) is 0 Å². The molecule has 1 aliphatic heterocycles. The lowest BCUT2D eigenvalue weighted by Crippen LogP contribution is -2.30. The van der Waals surface area contributed by atoms with Crippen LogP contribution in [0.1, 0.15) is 11.7 Å². The largest absolute Gasteiger partial charge is 0.358 e. The van der Waals surface area contributed by atoms with Crippen molar-refractivity contribution in [1.82, 2.24) is 4.57 Å². The molecule has 2 heterocycles. The summed E-state index contributed by atoms with van der Waals surface area (Å²) in [5, 5.41) is 11.5. The standard InChI is InChI=1S/C40H27N3/c1-2-11-26(12-3-1)29-15-10-16-30(25-29)39-40(42-34-20-9-8-19-33(34)41-39)43-35-23-21-27-13-4-6-17-31(27)37(35)38-32-18-7-5-14-28(32)22-24-36(38)43/h1-25,40,42H. The fourth-order valence-electron chi connectivity index (χ4n) is 6.85. The number of fused-ring (bicyclic) bond motifs is 8. The second kappa shape index (κ2) is 9.43. The molecule has 7 aromatic carbocycles. The molecule has 0 bridgehead atoms. The van der Waals surface area contributed by atoms with Crippen LogP contribution in [0.3, 0.4) is 0 Å². The number of aromatic nitrogens is 1. The Kier molecular flexibility index (Phi) is 5.26. The Bertz CT molecular complexity index is 2290. The fourth-order valence-corrected chi connectivity index (χ4v) is 6.85. The Balaban J connectivity index is 1.37. The lowest BCUT2D eigenvalue weighted by molar-refractivity contribution is 0.759. The van der Waals surface area contributed by atoms with Gasteiger partial charge in [0.2, 0.25) is 0 Å². The summed E-state index contributed by atoms with van der Waals surface area (Å²) in [5.41, 5.74) is 8.84. The fraction of sp³-hybridized carbons (Fsp3) is 0.0250. The van der Waals surface area contributed by atoms with Crippen molar-refractivity contribution in [2.24, 2.45) is 4.99 Å². The zero-order valence-corrected chi connectivity index (χ0v) is 23.4. The average Bonchev–Trinajstić information content (AvgIpc) is 3.43. The minimum Gasteiger partial charge on any atom is -0.358 e. The number of anilines is 1. The van der Waals surface area contributed by atoms with Crippen LogP contribution in [0, 0.1) is 0 Å². The van der Waals surface area contributed by atoms with Crippen molar-refractivity contribution in [1.29, 1.82) is 0 Å². The maximum atomic E-state index is 5.36. The zero-order chi connectivity index (χ0) is 28.3. The van der Waals surface area contributed by atoms with E-state index in [1.165, 1.54) is 54.5 Å². The van der Waals surface area contributed by atoms with E-state index in [4.69, 9.17) is 4.99 Å². The van der Waals surface area contributed by atoms with Crippen LogP contribution >= 0.6 is 0 Å². The van der Waals surface area contributed by atoms with Crippen LogP contribution in [0.2, 0.25) is 0 Å². The number of hydrogen-bond acceptors (Lipinski definition) is 2. The van der Waals surface area contributed by atoms with Gasteiger partial charge in [-0.05, 0) is 63.0 Å².